The van der Waals surface area contributed by atoms with Crippen LogP contribution < -0.4 is 0 Å². The largest absolute Gasteiger partial charge is 0.481 e. The van der Waals surface area contributed by atoms with Gasteiger partial charge in [0.1, 0.15) is 0 Å². The molecule has 0 radical (unpaired) electrons. The van der Waals surface area contributed by atoms with Crippen LogP contribution in [-0.4, -0.2) is 34.7 Å². The fourth-order valence-electron chi connectivity index (χ4n) is 4.55. The maximum absolute atomic E-state index is 12.7. The van der Waals surface area contributed by atoms with Gasteiger partial charge in [-0.15, -0.1) is 0 Å². The van der Waals surface area contributed by atoms with E-state index in [0.29, 0.717) is 12.8 Å². The Morgan fingerprint density at radius 3 is 1.67 bits per heavy atom. The Labute approximate surface area is 201 Å². The Bertz CT molecular complexity index is 533. The second-order valence-electron chi connectivity index (χ2n) is 9.53. The number of hydrogen-bond acceptors (Lipinski definition) is 4. The molecule has 2 atom stereocenters. The van der Waals surface area contributed by atoms with E-state index in [1.807, 2.05) is 0 Å². The van der Waals surface area contributed by atoms with Crippen LogP contribution in [0.4, 0.5) is 0 Å². The van der Waals surface area contributed by atoms with Gasteiger partial charge in [0.05, 0.1) is 24.4 Å². The number of ether oxygens (including phenoxy) is 1. The van der Waals surface area contributed by atoms with E-state index >= 15 is 0 Å². The lowest BCUT2D eigenvalue weighted by atomic mass is 9.67. The number of rotatable bonds is 23. The summed E-state index contributed by atoms with van der Waals surface area (Å²) >= 11 is 0. The van der Waals surface area contributed by atoms with Crippen LogP contribution in [0.5, 0.6) is 0 Å². The maximum atomic E-state index is 12.7. The molecule has 6 nitrogen and oxygen atoms in total. The maximum Gasteiger partial charge on any atom is 0.311 e. The van der Waals surface area contributed by atoms with Crippen molar-refractivity contribution in [2.75, 3.05) is 6.61 Å². The Morgan fingerprint density at radius 2 is 1.18 bits per heavy atom. The molecule has 6 heteroatoms. The van der Waals surface area contributed by atoms with Crippen molar-refractivity contribution < 1.29 is 29.3 Å². The van der Waals surface area contributed by atoms with E-state index in [1.54, 1.807) is 0 Å². The molecule has 33 heavy (non-hydrogen) atoms. The second kappa shape index (κ2) is 19.8. The summed E-state index contributed by atoms with van der Waals surface area (Å²) in [7, 11) is 0. The highest BCUT2D eigenvalue weighted by Crippen LogP contribution is 2.41. The van der Waals surface area contributed by atoms with Crippen molar-refractivity contribution in [1.29, 1.82) is 0 Å². The van der Waals surface area contributed by atoms with E-state index in [9.17, 15) is 24.6 Å². The van der Waals surface area contributed by atoms with Gasteiger partial charge < -0.3 is 14.9 Å². The van der Waals surface area contributed by atoms with E-state index < -0.39 is 29.2 Å². The van der Waals surface area contributed by atoms with Gasteiger partial charge in [0.25, 0.3) is 0 Å². The predicted molar refractivity (Wildman–Crippen MR) is 132 cm³/mol. The number of aliphatic carboxylic acids is 2. The summed E-state index contributed by atoms with van der Waals surface area (Å²) in [5, 5.41) is 20.2. The molecule has 0 saturated heterocycles. The molecule has 0 bridgehead atoms. The summed E-state index contributed by atoms with van der Waals surface area (Å²) in [5.74, 6) is -3.97. The predicted octanol–water partition coefficient (Wildman–Crippen LogP) is 7.38. The van der Waals surface area contributed by atoms with Crippen LogP contribution in [-0.2, 0) is 19.1 Å². The van der Waals surface area contributed by atoms with Gasteiger partial charge in [-0.3, -0.25) is 14.4 Å². The fourth-order valence-corrected chi connectivity index (χ4v) is 4.55. The average molecular weight is 471 g/mol. The number of carboxylic acid groups (broad SMARTS) is 2. The first-order chi connectivity index (χ1) is 15.9. The molecular formula is C27H50O6. The Morgan fingerprint density at radius 1 is 0.697 bits per heavy atom. The lowest BCUT2D eigenvalue weighted by Gasteiger charge is -2.34. The average Bonchev–Trinajstić information content (AvgIpc) is 2.77. The first-order valence-corrected chi connectivity index (χ1v) is 13.5. The number of carbonyl (C=O) groups is 3. The zero-order valence-electron chi connectivity index (χ0n) is 21.5. The molecule has 0 saturated carbocycles. The molecule has 0 rings (SSSR count). The first kappa shape index (κ1) is 31.4. The van der Waals surface area contributed by atoms with Gasteiger partial charge in [0, 0.05) is 0 Å². The zero-order chi connectivity index (χ0) is 25.0. The minimum Gasteiger partial charge on any atom is -0.481 e. The monoisotopic (exact) mass is 470 g/mol. The first-order valence-electron chi connectivity index (χ1n) is 13.5. The molecule has 0 aliphatic rings. The summed E-state index contributed by atoms with van der Waals surface area (Å²) in [5.41, 5.74) is -1.61. The third kappa shape index (κ3) is 13.6. The molecule has 0 aromatic heterocycles. The van der Waals surface area contributed by atoms with Crippen molar-refractivity contribution in [3.05, 3.63) is 0 Å². The van der Waals surface area contributed by atoms with Crippen LogP contribution in [0.2, 0.25) is 0 Å². The third-order valence-electron chi connectivity index (χ3n) is 6.68. The Hall–Kier alpha value is -1.59. The molecule has 0 aromatic rings. The lowest BCUT2D eigenvalue weighted by Crippen LogP contribution is -2.44. The van der Waals surface area contributed by atoms with Crippen molar-refractivity contribution in [1.82, 2.24) is 0 Å². The summed E-state index contributed by atoms with van der Waals surface area (Å²) in [6.45, 7) is 6.63. The molecule has 0 heterocycles. The normalized spacial score (nSPS) is 13.9. The quantitative estimate of drug-likeness (QED) is 0.119. The van der Waals surface area contributed by atoms with Crippen LogP contribution in [0.25, 0.3) is 0 Å². The molecule has 0 amide bonds. The minimum atomic E-state index is -1.61. The summed E-state index contributed by atoms with van der Waals surface area (Å²) < 4.78 is 5.37. The number of carboxylic acids is 2. The van der Waals surface area contributed by atoms with Crippen LogP contribution in [0.3, 0.4) is 0 Å². The number of esters is 1. The van der Waals surface area contributed by atoms with Gasteiger partial charge in [-0.25, -0.2) is 0 Å². The topological polar surface area (TPSA) is 101 Å². The summed E-state index contributed by atoms with van der Waals surface area (Å²) in [4.78, 5) is 37.4. The smallest absolute Gasteiger partial charge is 0.311 e. The van der Waals surface area contributed by atoms with Crippen LogP contribution in [0, 0.1) is 11.3 Å². The molecule has 2 N–H and O–H groups in total. The summed E-state index contributed by atoms with van der Waals surface area (Å²) in [6, 6.07) is 0. The van der Waals surface area contributed by atoms with E-state index in [2.05, 4.69) is 20.8 Å². The number of hydrogen-bond donors (Lipinski definition) is 2. The van der Waals surface area contributed by atoms with Crippen molar-refractivity contribution in [3.63, 3.8) is 0 Å². The Balaban J connectivity index is 5.29. The molecule has 194 valence electrons. The molecule has 0 fully saturated rings. The van der Waals surface area contributed by atoms with Crippen molar-refractivity contribution >= 4 is 17.9 Å². The van der Waals surface area contributed by atoms with Crippen LogP contribution in [0.15, 0.2) is 0 Å². The van der Waals surface area contributed by atoms with Gasteiger partial charge in [-0.05, 0) is 19.3 Å². The van der Waals surface area contributed by atoms with E-state index in [-0.39, 0.29) is 25.9 Å². The van der Waals surface area contributed by atoms with Crippen LogP contribution >= 0.6 is 0 Å². The SMILES string of the molecule is CCCCCCCOC(=O)CC(CCCCCCC)(C(=O)O)C(CCCCCCC)C(=O)O. The highest BCUT2D eigenvalue weighted by Gasteiger charge is 2.50. The van der Waals surface area contributed by atoms with E-state index in [4.69, 9.17) is 4.74 Å². The van der Waals surface area contributed by atoms with Gasteiger partial charge in [-0.1, -0.05) is 111 Å². The molecule has 0 aliphatic heterocycles. The van der Waals surface area contributed by atoms with Crippen molar-refractivity contribution in [3.8, 4) is 0 Å². The van der Waals surface area contributed by atoms with E-state index in [1.165, 1.54) is 0 Å². The molecule has 0 aliphatic carbocycles. The minimum absolute atomic E-state index is 0.198. The molecular weight excluding hydrogens is 420 g/mol. The molecule has 2 unspecified atom stereocenters. The van der Waals surface area contributed by atoms with Crippen molar-refractivity contribution in [2.45, 2.75) is 136 Å². The highest BCUT2D eigenvalue weighted by molar-refractivity contribution is 5.87. The van der Waals surface area contributed by atoms with Gasteiger partial charge >= 0.3 is 17.9 Å². The Kier molecular flexibility index (Phi) is 18.9. The number of unbranched alkanes of at least 4 members (excludes halogenated alkanes) is 12. The third-order valence-corrected chi connectivity index (χ3v) is 6.68. The van der Waals surface area contributed by atoms with Gasteiger partial charge in [-0.2, -0.15) is 0 Å². The standard InChI is InChI=1S/C27H50O6/c1-4-7-10-13-16-19-23(25(29)30)27(26(31)32,20-17-14-11-8-5-2)22-24(28)33-21-18-15-12-9-6-3/h23H,4-22H2,1-3H3,(H,29,30)(H,31,32). The van der Waals surface area contributed by atoms with E-state index in [0.717, 1.165) is 83.5 Å². The van der Waals surface area contributed by atoms with Crippen molar-refractivity contribution in [2.24, 2.45) is 11.3 Å². The second-order valence-corrected chi connectivity index (χ2v) is 9.53. The van der Waals surface area contributed by atoms with Gasteiger partial charge in [0.2, 0.25) is 0 Å². The zero-order valence-corrected chi connectivity index (χ0v) is 21.5. The van der Waals surface area contributed by atoms with Gasteiger partial charge in [0.15, 0.2) is 0 Å². The highest BCUT2D eigenvalue weighted by atomic mass is 16.5. The lowest BCUT2D eigenvalue weighted by molar-refractivity contribution is -0.170. The molecule has 0 spiro atoms. The molecule has 0 aromatic carbocycles. The fraction of sp³-hybridized carbons (Fsp3) is 0.889. The summed E-state index contributed by atoms with van der Waals surface area (Å²) in [6.07, 6.45) is 14.5. The number of carbonyl (C=O) groups excluding carboxylic acids is 1. The van der Waals surface area contributed by atoms with Crippen LogP contribution in [0.1, 0.15) is 136 Å².